The molecule has 1 atom stereocenters. The third kappa shape index (κ3) is 1.33. The summed E-state index contributed by atoms with van der Waals surface area (Å²) in [6, 6.07) is 1.65. The van der Waals surface area contributed by atoms with Gasteiger partial charge in [-0.1, -0.05) is 0 Å². The van der Waals surface area contributed by atoms with Crippen LogP contribution in [0.2, 0.25) is 0 Å². The first kappa shape index (κ1) is 8.00. The summed E-state index contributed by atoms with van der Waals surface area (Å²) in [4.78, 5) is 7.07. The highest BCUT2D eigenvalue weighted by atomic mass is 15.3. The Kier molecular flexibility index (Phi) is 1.86. The van der Waals surface area contributed by atoms with Crippen LogP contribution in [0.25, 0.3) is 0 Å². The average molecular weight is 177 g/mol. The van der Waals surface area contributed by atoms with E-state index in [1.54, 1.807) is 23.3 Å². The van der Waals surface area contributed by atoms with E-state index in [1.807, 2.05) is 13.1 Å². The predicted octanol–water partition coefficient (Wildman–Crippen LogP) is 0.191. The van der Waals surface area contributed by atoms with E-state index >= 15 is 0 Å². The normalized spacial score (nSPS) is 13.1. The van der Waals surface area contributed by atoms with Gasteiger partial charge in [0, 0.05) is 25.6 Å². The van der Waals surface area contributed by atoms with Gasteiger partial charge in [0.2, 0.25) is 0 Å². The number of rotatable bonds is 2. The molecule has 5 heteroatoms. The second kappa shape index (κ2) is 3.02. The van der Waals surface area contributed by atoms with Crippen LogP contribution in [0.4, 0.5) is 0 Å². The first-order valence-corrected chi connectivity index (χ1v) is 4.02. The van der Waals surface area contributed by atoms with E-state index in [4.69, 9.17) is 5.73 Å². The van der Waals surface area contributed by atoms with Gasteiger partial charge in [-0.2, -0.15) is 5.10 Å². The second-order valence-corrected chi connectivity index (χ2v) is 2.83. The molecule has 0 amide bonds. The summed E-state index contributed by atoms with van der Waals surface area (Å²) < 4.78 is 1.74. The molecule has 0 saturated heterocycles. The smallest absolute Gasteiger partial charge is 0.129 e. The van der Waals surface area contributed by atoms with Crippen LogP contribution in [0.3, 0.4) is 0 Å². The summed E-state index contributed by atoms with van der Waals surface area (Å²) in [5.41, 5.74) is 6.89. The lowest BCUT2D eigenvalue weighted by atomic mass is 10.2. The maximum Gasteiger partial charge on any atom is 0.129 e. The number of nitrogens with zero attached hydrogens (tertiary/aromatic N) is 3. The van der Waals surface area contributed by atoms with Gasteiger partial charge in [0.25, 0.3) is 0 Å². The van der Waals surface area contributed by atoms with Gasteiger partial charge in [-0.3, -0.25) is 4.68 Å². The second-order valence-electron chi connectivity index (χ2n) is 2.83. The average Bonchev–Trinajstić information content (AvgIpc) is 2.72. The number of hydrogen-bond acceptors (Lipinski definition) is 3. The van der Waals surface area contributed by atoms with Crippen molar-refractivity contribution in [1.82, 2.24) is 19.7 Å². The summed E-state index contributed by atoms with van der Waals surface area (Å²) in [6.45, 7) is 0. The largest absolute Gasteiger partial charge is 0.347 e. The number of nitrogens with one attached hydrogen (secondary N) is 1. The number of imidazole rings is 1. The zero-order valence-electron chi connectivity index (χ0n) is 7.31. The summed E-state index contributed by atoms with van der Waals surface area (Å²) in [5.74, 6) is 0.753. The SMILES string of the molecule is Cn1nccc1C(N)c1ncc[nH]1. The summed E-state index contributed by atoms with van der Waals surface area (Å²) >= 11 is 0. The molecular weight excluding hydrogens is 166 g/mol. The van der Waals surface area contributed by atoms with E-state index < -0.39 is 0 Å². The molecule has 2 aromatic heterocycles. The Morgan fingerprint density at radius 2 is 2.38 bits per heavy atom. The molecule has 3 N–H and O–H groups in total. The van der Waals surface area contributed by atoms with Crippen LogP contribution in [0.15, 0.2) is 24.7 Å². The van der Waals surface area contributed by atoms with Gasteiger partial charge in [-0.25, -0.2) is 4.98 Å². The van der Waals surface area contributed by atoms with E-state index in [2.05, 4.69) is 15.1 Å². The molecule has 0 saturated carbocycles. The molecule has 0 aromatic carbocycles. The van der Waals surface area contributed by atoms with Crippen molar-refractivity contribution in [2.24, 2.45) is 12.8 Å². The van der Waals surface area contributed by atoms with Crippen LogP contribution in [-0.2, 0) is 7.05 Å². The van der Waals surface area contributed by atoms with Crippen molar-refractivity contribution in [2.75, 3.05) is 0 Å². The lowest BCUT2D eigenvalue weighted by Gasteiger charge is -2.08. The van der Waals surface area contributed by atoms with Crippen molar-refractivity contribution in [3.8, 4) is 0 Å². The van der Waals surface area contributed by atoms with Gasteiger partial charge in [-0.15, -0.1) is 0 Å². The van der Waals surface area contributed by atoms with E-state index in [9.17, 15) is 0 Å². The lowest BCUT2D eigenvalue weighted by molar-refractivity contribution is 0.656. The molecular formula is C8H11N5. The number of H-pyrrole nitrogens is 1. The molecule has 1 unspecified atom stereocenters. The Morgan fingerprint density at radius 3 is 2.92 bits per heavy atom. The third-order valence-electron chi connectivity index (χ3n) is 1.99. The van der Waals surface area contributed by atoms with Gasteiger partial charge in [-0.05, 0) is 6.07 Å². The number of hydrogen-bond donors (Lipinski definition) is 2. The molecule has 0 radical (unpaired) electrons. The van der Waals surface area contributed by atoms with E-state index in [0.29, 0.717) is 0 Å². The fourth-order valence-corrected chi connectivity index (χ4v) is 1.28. The Hall–Kier alpha value is -1.62. The zero-order valence-corrected chi connectivity index (χ0v) is 7.31. The number of aromatic amines is 1. The van der Waals surface area contributed by atoms with Gasteiger partial charge >= 0.3 is 0 Å². The predicted molar refractivity (Wildman–Crippen MR) is 47.8 cm³/mol. The topological polar surface area (TPSA) is 72.5 Å². The van der Waals surface area contributed by atoms with Crippen LogP contribution in [0.1, 0.15) is 17.6 Å². The first-order valence-electron chi connectivity index (χ1n) is 4.02. The number of aromatic nitrogens is 4. The molecule has 2 aromatic rings. The van der Waals surface area contributed by atoms with Crippen LogP contribution in [0, 0.1) is 0 Å². The standard InChI is InChI=1S/C8H11N5/c1-13-6(2-3-12-13)7(9)8-10-4-5-11-8/h2-5,7H,9H2,1H3,(H,10,11). The number of aryl methyl sites for hydroxylation is 1. The molecule has 13 heavy (non-hydrogen) atoms. The van der Waals surface area contributed by atoms with E-state index in [0.717, 1.165) is 11.5 Å². The highest BCUT2D eigenvalue weighted by Crippen LogP contribution is 2.13. The highest BCUT2D eigenvalue weighted by Gasteiger charge is 2.13. The Bertz CT molecular complexity index is 375. The highest BCUT2D eigenvalue weighted by molar-refractivity contribution is 5.15. The maximum absolute atomic E-state index is 5.95. The Labute approximate surface area is 75.6 Å². The zero-order chi connectivity index (χ0) is 9.26. The van der Waals surface area contributed by atoms with Gasteiger partial charge in [0.05, 0.1) is 5.69 Å². The molecule has 0 spiro atoms. The summed E-state index contributed by atoms with van der Waals surface area (Å²) in [6.07, 6.45) is 5.16. The Balaban J connectivity index is 2.33. The fourth-order valence-electron chi connectivity index (χ4n) is 1.28. The van der Waals surface area contributed by atoms with E-state index in [1.165, 1.54) is 0 Å². The maximum atomic E-state index is 5.95. The molecule has 0 aliphatic heterocycles. The molecule has 68 valence electrons. The quantitative estimate of drug-likeness (QED) is 0.687. The third-order valence-corrected chi connectivity index (χ3v) is 1.99. The van der Waals surface area contributed by atoms with Crippen molar-refractivity contribution in [1.29, 1.82) is 0 Å². The molecule has 0 aliphatic rings. The first-order chi connectivity index (χ1) is 6.29. The van der Waals surface area contributed by atoms with Crippen LogP contribution < -0.4 is 5.73 Å². The van der Waals surface area contributed by atoms with Gasteiger partial charge in [0.1, 0.15) is 11.9 Å². The van der Waals surface area contributed by atoms with Crippen LogP contribution in [-0.4, -0.2) is 19.7 Å². The van der Waals surface area contributed by atoms with Crippen LogP contribution >= 0.6 is 0 Å². The molecule has 2 heterocycles. The minimum atomic E-state index is -0.234. The van der Waals surface area contributed by atoms with Crippen molar-refractivity contribution in [3.63, 3.8) is 0 Å². The molecule has 0 bridgehead atoms. The molecule has 2 rings (SSSR count). The monoisotopic (exact) mass is 177 g/mol. The molecule has 0 aliphatic carbocycles. The van der Waals surface area contributed by atoms with Crippen molar-refractivity contribution < 1.29 is 0 Å². The Morgan fingerprint density at radius 1 is 1.54 bits per heavy atom. The molecule has 5 nitrogen and oxygen atoms in total. The number of nitrogens with two attached hydrogens (primary N) is 1. The minimum absolute atomic E-state index is 0.234. The lowest BCUT2D eigenvalue weighted by Crippen LogP contribution is -2.17. The summed E-state index contributed by atoms with van der Waals surface area (Å²) in [5, 5.41) is 4.04. The minimum Gasteiger partial charge on any atom is -0.347 e. The molecule has 0 fully saturated rings. The van der Waals surface area contributed by atoms with Crippen molar-refractivity contribution in [2.45, 2.75) is 6.04 Å². The van der Waals surface area contributed by atoms with Gasteiger partial charge in [0.15, 0.2) is 0 Å². The van der Waals surface area contributed by atoms with Crippen molar-refractivity contribution in [3.05, 3.63) is 36.2 Å². The fraction of sp³-hybridized carbons (Fsp3) is 0.250. The van der Waals surface area contributed by atoms with Gasteiger partial charge < -0.3 is 10.7 Å². The van der Waals surface area contributed by atoms with Crippen LogP contribution in [0.5, 0.6) is 0 Å². The van der Waals surface area contributed by atoms with Crippen molar-refractivity contribution >= 4 is 0 Å². The van der Waals surface area contributed by atoms with E-state index in [-0.39, 0.29) is 6.04 Å². The summed E-state index contributed by atoms with van der Waals surface area (Å²) in [7, 11) is 1.86.